The van der Waals surface area contributed by atoms with Gasteiger partial charge < -0.3 is 0 Å². The van der Waals surface area contributed by atoms with E-state index in [9.17, 15) is 9.59 Å². The maximum Gasteiger partial charge on any atom is 0.267 e. The molecule has 4 nitrogen and oxygen atoms in total. The average Bonchev–Trinajstić information content (AvgIpc) is 1.85. The van der Waals surface area contributed by atoms with Gasteiger partial charge in [-0.15, -0.1) is 0 Å². The lowest BCUT2D eigenvalue weighted by molar-refractivity contribution is -0.126. The zero-order chi connectivity index (χ0) is 7.11. The molecule has 0 saturated heterocycles. The van der Waals surface area contributed by atoms with Crippen LogP contribution in [-0.2, 0) is 14.4 Å². The Morgan fingerprint density at radius 3 is 2.78 bits per heavy atom. The largest absolute Gasteiger partial charge is 0.299 e. The number of hydroxylamine groups is 1. The van der Waals surface area contributed by atoms with Gasteiger partial charge in [0.1, 0.15) is 6.29 Å². The van der Waals surface area contributed by atoms with Gasteiger partial charge in [-0.1, -0.05) is 0 Å². The molecule has 0 aliphatic heterocycles. The molecule has 0 aromatic carbocycles. The molecule has 0 fully saturated rings. The zero-order valence-electron chi connectivity index (χ0n) is 4.96. The summed E-state index contributed by atoms with van der Waals surface area (Å²) in [6.07, 6.45) is 2.65. The van der Waals surface area contributed by atoms with Crippen LogP contribution in [0.15, 0.2) is 12.2 Å². The molecule has 0 rings (SSSR count). The Balaban J connectivity index is 3.49. The van der Waals surface area contributed by atoms with Crippen molar-refractivity contribution in [1.29, 1.82) is 0 Å². The van der Waals surface area contributed by atoms with Crippen LogP contribution in [-0.4, -0.2) is 19.3 Å². The third-order valence-electron chi connectivity index (χ3n) is 0.529. The summed E-state index contributed by atoms with van der Waals surface area (Å²) in [6.45, 7) is 0. The third kappa shape index (κ3) is 4.70. The van der Waals surface area contributed by atoms with E-state index in [1.54, 1.807) is 0 Å². The van der Waals surface area contributed by atoms with E-state index in [-0.39, 0.29) is 0 Å². The number of amides is 1. The highest BCUT2D eigenvalue weighted by Gasteiger charge is 1.87. The van der Waals surface area contributed by atoms with Crippen LogP contribution in [0.25, 0.3) is 0 Å². The van der Waals surface area contributed by atoms with Crippen molar-refractivity contribution in [2.75, 3.05) is 7.11 Å². The number of carbonyl (C=O) groups excluding carboxylic acids is 2. The minimum absolute atomic E-state index is 0.454. The lowest BCUT2D eigenvalue weighted by atomic mass is 10.5. The summed E-state index contributed by atoms with van der Waals surface area (Å²) in [6, 6.07) is 0. The molecule has 0 aliphatic rings. The van der Waals surface area contributed by atoms with Crippen molar-refractivity contribution >= 4 is 12.2 Å². The molecule has 0 radical (unpaired) electrons. The van der Waals surface area contributed by atoms with E-state index in [0.29, 0.717) is 6.29 Å². The van der Waals surface area contributed by atoms with Gasteiger partial charge in [0.15, 0.2) is 0 Å². The number of hydrogen-bond donors (Lipinski definition) is 1. The zero-order valence-corrected chi connectivity index (χ0v) is 4.96. The summed E-state index contributed by atoms with van der Waals surface area (Å²) in [7, 11) is 1.31. The summed E-state index contributed by atoms with van der Waals surface area (Å²) in [5.41, 5.74) is 2.00. The normalized spacial score (nSPS) is 9.44. The van der Waals surface area contributed by atoms with E-state index in [1.807, 2.05) is 5.48 Å². The first-order valence-corrected chi connectivity index (χ1v) is 2.26. The third-order valence-corrected chi connectivity index (χ3v) is 0.529. The van der Waals surface area contributed by atoms with Crippen molar-refractivity contribution in [3.63, 3.8) is 0 Å². The van der Waals surface area contributed by atoms with Gasteiger partial charge in [0, 0.05) is 6.08 Å². The van der Waals surface area contributed by atoms with Gasteiger partial charge in [0.05, 0.1) is 7.11 Å². The molecule has 4 heteroatoms. The van der Waals surface area contributed by atoms with Crippen LogP contribution in [0, 0.1) is 0 Å². The number of hydrogen-bond acceptors (Lipinski definition) is 3. The Kier molecular flexibility index (Phi) is 4.34. The lowest BCUT2D eigenvalue weighted by Crippen LogP contribution is -2.18. The standard InChI is InChI=1S/C5H7NO3/c1-9-6-5(8)3-2-4-7/h2-4H,1H3,(H,6,8)/b3-2+. The number of carbonyl (C=O) groups is 2. The molecule has 0 saturated carbocycles. The van der Waals surface area contributed by atoms with Gasteiger partial charge >= 0.3 is 0 Å². The fraction of sp³-hybridized carbons (Fsp3) is 0.200. The smallest absolute Gasteiger partial charge is 0.267 e. The van der Waals surface area contributed by atoms with Crippen molar-refractivity contribution in [2.24, 2.45) is 0 Å². The number of aldehydes is 1. The Morgan fingerprint density at radius 2 is 2.33 bits per heavy atom. The highest BCUT2D eigenvalue weighted by molar-refractivity contribution is 5.90. The minimum atomic E-state index is -0.454. The topological polar surface area (TPSA) is 55.4 Å². The Morgan fingerprint density at radius 1 is 1.67 bits per heavy atom. The number of rotatable bonds is 3. The monoisotopic (exact) mass is 129 g/mol. The second kappa shape index (κ2) is 4.99. The second-order valence-electron chi connectivity index (χ2n) is 1.17. The van der Waals surface area contributed by atoms with Gasteiger partial charge in [-0.3, -0.25) is 14.4 Å². The molecule has 1 N–H and O–H groups in total. The Bertz CT molecular complexity index is 130. The maximum atomic E-state index is 10.3. The molecular formula is C5H7NO3. The van der Waals surface area contributed by atoms with Gasteiger partial charge in [0.25, 0.3) is 5.91 Å². The van der Waals surface area contributed by atoms with Crippen molar-refractivity contribution in [3.05, 3.63) is 12.2 Å². The molecule has 0 aromatic heterocycles. The van der Waals surface area contributed by atoms with Crippen molar-refractivity contribution in [3.8, 4) is 0 Å². The van der Waals surface area contributed by atoms with Crippen LogP contribution < -0.4 is 5.48 Å². The van der Waals surface area contributed by atoms with Crippen molar-refractivity contribution < 1.29 is 14.4 Å². The summed E-state index contributed by atoms with van der Waals surface area (Å²) < 4.78 is 0. The van der Waals surface area contributed by atoms with Crippen molar-refractivity contribution in [2.45, 2.75) is 0 Å². The van der Waals surface area contributed by atoms with Crippen LogP contribution in [0.1, 0.15) is 0 Å². The fourth-order valence-corrected chi connectivity index (χ4v) is 0.261. The Hall–Kier alpha value is -1.16. The predicted molar refractivity (Wildman–Crippen MR) is 30.4 cm³/mol. The molecule has 50 valence electrons. The van der Waals surface area contributed by atoms with E-state index in [1.165, 1.54) is 7.11 Å². The van der Waals surface area contributed by atoms with E-state index in [0.717, 1.165) is 12.2 Å². The van der Waals surface area contributed by atoms with E-state index >= 15 is 0 Å². The first-order chi connectivity index (χ1) is 4.31. The molecule has 0 spiro atoms. The summed E-state index contributed by atoms with van der Waals surface area (Å²) in [5.74, 6) is -0.454. The molecule has 0 bridgehead atoms. The van der Waals surface area contributed by atoms with Gasteiger partial charge in [0.2, 0.25) is 0 Å². The molecule has 1 amide bonds. The first-order valence-electron chi connectivity index (χ1n) is 2.26. The molecule has 9 heavy (non-hydrogen) atoms. The number of allylic oxidation sites excluding steroid dienone is 1. The quantitative estimate of drug-likeness (QED) is 0.315. The van der Waals surface area contributed by atoms with Crippen LogP contribution in [0.4, 0.5) is 0 Å². The highest BCUT2D eigenvalue weighted by Crippen LogP contribution is 1.67. The summed E-state index contributed by atoms with van der Waals surface area (Å²) >= 11 is 0. The van der Waals surface area contributed by atoms with Crippen LogP contribution in [0.2, 0.25) is 0 Å². The molecule has 0 unspecified atom stereocenters. The molecule has 0 heterocycles. The molecule has 0 atom stereocenters. The second-order valence-corrected chi connectivity index (χ2v) is 1.17. The fourth-order valence-electron chi connectivity index (χ4n) is 0.261. The van der Waals surface area contributed by atoms with Gasteiger partial charge in [-0.05, 0) is 6.08 Å². The summed E-state index contributed by atoms with van der Waals surface area (Å²) in [4.78, 5) is 24.2. The predicted octanol–water partition coefficient (Wildman–Crippen LogP) is -0.581. The summed E-state index contributed by atoms with van der Waals surface area (Å²) in [5, 5.41) is 0. The van der Waals surface area contributed by atoms with Crippen LogP contribution in [0.3, 0.4) is 0 Å². The van der Waals surface area contributed by atoms with Crippen molar-refractivity contribution in [1.82, 2.24) is 5.48 Å². The van der Waals surface area contributed by atoms with Crippen LogP contribution in [0.5, 0.6) is 0 Å². The van der Waals surface area contributed by atoms with Gasteiger partial charge in [-0.2, -0.15) is 0 Å². The Labute approximate surface area is 52.4 Å². The SMILES string of the molecule is CONC(=O)/C=C/C=O. The van der Waals surface area contributed by atoms with E-state index in [2.05, 4.69) is 4.84 Å². The van der Waals surface area contributed by atoms with Crippen LogP contribution >= 0.6 is 0 Å². The maximum absolute atomic E-state index is 10.3. The van der Waals surface area contributed by atoms with Gasteiger partial charge in [-0.25, -0.2) is 5.48 Å². The molecule has 0 aliphatic carbocycles. The van der Waals surface area contributed by atoms with E-state index < -0.39 is 5.91 Å². The van der Waals surface area contributed by atoms with E-state index in [4.69, 9.17) is 0 Å². The molecule has 0 aromatic rings. The number of nitrogens with one attached hydrogen (secondary N) is 1. The lowest BCUT2D eigenvalue weighted by Gasteiger charge is -1.92. The highest BCUT2D eigenvalue weighted by atomic mass is 16.6. The minimum Gasteiger partial charge on any atom is -0.299 e. The average molecular weight is 129 g/mol. The molecular weight excluding hydrogens is 122 g/mol. The first kappa shape index (κ1) is 7.84.